The molecule has 0 unspecified atom stereocenters. The number of aryl methyl sites for hydroxylation is 1. The lowest BCUT2D eigenvalue weighted by Gasteiger charge is -2.35. The summed E-state index contributed by atoms with van der Waals surface area (Å²) in [5.74, 6) is 0.00876. The number of nitrogens with one attached hydrogen (secondary N) is 1. The Kier molecular flexibility index (Phi) is 4.35. The van der Waals surface area contributed by atoms with Gasteiger partial charge in [-0.25, -0.2) is 4.39 Å². The van der Waals surface area contributed by atoms with E-state index in [0.717, 1.165) is 43.5 Å². The van der Waals surface area contributed by atoms with Gasteiger partial charge in [0.1, 0.15) is 11.6 Å². The Balaban J connectivity index is 2.17. The van der Waals surface area contributed by atoms with Crippen molar-refractivity contribution in [2.24, 2.45) is 5.41 Å². The Morgan fingerprint density at radius 1 is 1.37 bits per heavy atom. The van der Waals surface area contributed by atoms with Gasteiger partial charge < -0.3 is 5.32 Å². The minimum absolute atomic E-state index is 0.204. The molecule has 0 saturated carbocycles. The Hall–Kier alpha value is -1.22. The van der Waals surface area contributed by atoms with Gasteiger partial charge in [0.25, 0.3) is 0 Å². The van der Waals surface area contributed by atoms with Crippen molar-refractivity contribution in [1.29, 1.82) is 0 Å². The van der Waals surface area contributed by atoms with Gasteiger partial charge in [0, 0.05) is 11.8 Å². The van der Waals surface area contributed by atoms with Crippen LogP contribution in [0, 0.1) is 18.2 Å². The number of hydrogen-bond donors (Lipinski definition) is 1. The van der Waals surface area contributed by atoms with E-state index >= 15 is 0 Å². The number of ketones is 1. The average Bonchev–Trinajstić information content (AvgIpc) is 2.43. The third kappa shape index (κ3) is 3.03. The van der Waals surface area contributed by atoms with Crippen molar-refractivity contribution < 1.29 is 9.18 Å². The summed E-state index contributed by atoms with van der Waals surface area (Å²) in [5, 5.41) is 3.30. The molecule has 0 amide bonds. The molecule has 2 nitrogen and oxygen atoms in total. The topological polar surface area (TPSA) is 29.1 Å². The van der Waals surface area contributed by atoms with Crippen LogP contribution in [0.2, 0.25) is 0 Å². The minimum atomic E-state index is -0.260. The molecule has 1 saturated heterocycles. The number of hydrogen-bond acceptors (Lipinski definition) is 2. The van der Waals surface area contributed by atoms with E-state index in [1.807, 2.05) is 6.92 Å². The van der Waals surface area contributed by atoms with Gasteiger partial charge >= 0.3 is 0 Å². The Bertz CT molecular complexity index is 464. The van der Waals surface area contributed by atoms with Crippen LogP contribution in [0.5, 0.6) is 0 Å². The largest absolute Gasteiger partial charge is 0.317 e. The first-order valence-corrected chi connectivity index (χ1v) is 7.06. The molecule has 1 aromatic carbocycles. The molecule has 0 aliphatic carbocycles. The maximum atomic E-state index is 13.3. The van der Waals surface area contributed by atoms with Gasteiger partial charge in [-0.1, -0.05) is 13.0 Å². The van der Waals surface area contributed by atoms with Crippen molar-refractivity contribution in [3.05, 3.63) is 35.1 Å². The number of piperidine rings is 1. The number of halogens is 1. The van der Waals surface area contributed by atoms with Crippen LogP contribution in [-0.4, -0.2) is 18.9 Å². The summed E-state index contributed by atoms with van der Waals surface area (Å²) in [5.41, 5.74) is 1.62. The molecule has 0 bridgehead atoms. The summed E-state index contributed by atoms with van der Waals surface area (Å²) in [7, 11) is 0. The van der Waals surface area contributed by atoms with E-state index in [-0.39, 0.29) is 17.0 Å². The van der Waals surface area contributed by atoms with E-state index in [9.17, 15) is 9.18 Å². The first-order valence-electron chi connectivity index (χ1n) is 7.06. The van der Waals surface area contributed by atoms with Crippen molar-refractivity contribution >= 4 is 5.78 Å². The highest BCUT2D eigenvalue weighted by atomic mass is 19.1. The molecule has 0 radical (unpaired) electrons. The second kappa shape index (κ2) is 5.83. The third-order valence-electron chi connectivity index (χ3n) is 4.49. The Morgan fingerprint density at radius 3 is 2.68 bits per heavy atom. The standard InChI is InChI=1S/C16H22FNO/c1-3-16(6-8-18-9-7-16)15(19)11-13-10-14(17)5-4-12(13)2/h4-5,10,18H,3,6-9,11H2,1-2H3. The summed E-state index contributed by atoms with van der Waals surface area (Å²) < 4.78 is 13.3. The van der Waals surface area contributed by atoms with Gasteiger partial charge in [0.05, 0.1) is 0 Å². The van der Waals surface area contributed by atoms with Gasteiger partial charge in [-0.15, -0.1) is 0 Å². The molecule has 0 atom stereocenters. The summed E-state index contributed by atoms with van der Waals surface area (Å²) in [6.07, 6.45) is 3.03. The molecule has 1 aliphatic rings. The van der Waals surface area contributed by atoms with Crippen LogP contribution in [0.1, 0.15) is 37.3 Å². The molecule has 104 valence electrons. The van der Waals surface area contributed by atoms with Gasteiger partial charge in [-0.3, -0.25) is 4.79 Å². The van der Waals surface area contributed by atoms with Gasteiger partial charge in [0.15, 0.2) is 0 Å². The van der Waals surface area contributed by atoms with Crippen molar-refractivity contribution in [3.63, 3.8) is 0 Å². The lowest BCUT2D eigenvalue weighted by atomic mass is 9.71. The highest BCUT2D eigenvalue weighted by Crippen LogP contribution is 2.35. The van der Waals surface area contributed by atoms with Crippen LogP contribution < -0.4 is 5.32 Å². The zero-order chi connectivity index (χ0) is 13.9. The number of carbonyl (C=O) groups is 1. The molecule has 3 heteroatoms. The molecule has 0 spiro atoms. The van der Waals surface area contributed by atoms with Crippen LogP contribution in [0.3, 0.4) is 0 Å². The van der Waals surface area contributed by atoms with E-state index in [0.29, 0.717) is 6.42 Å². The van der Waals surface area contributed by atoms with Crippen LogP contribution in [0.4, 0.5) is 4.39 Å². The molecule has 2 rings (SSSR count). The first kappa shape index (κ1) is 14.2. The maximum Gasteiger partial charge on any atom is 0.143 e. The zero-order valence-corrected chi connectivity index (χ0v) is 11.8. The predicted molar refractivity (Wildman–Crippen MR) is 74.7 cm³/mol. The molecule has 1 aliphatic heterocycles. The lowest BCUT2D eigenvalue weighted by Crippen LogP contribution is -2.42. The summed E-state index contributed by atoms with van der Waals surface area (Å²) in [6.45, 7) is 5.83. The molecule has 1 heterocycles. The third-order valence-corrected chi connectivity index (χ3v) is 4.49. The van der Waals surface area contributed by atoms with E-state index in [1.54, 1.807) is 6.07 Å². The van der Waals surface area contributed by atoms with E-state index in [1.165, 1.54) is 12.1 Å². The van der Waals surface area contributed by atoms with Gasteiger partial charge in [0.2, 0.25) is 0 Å². The zero-order valence-electron chi connectivity index (χ0n) is 11.8. The molecule has 0 aromatic heterocycles. The van der Waals surface area contributed by atoms with Crippen molar-refractivity contribution in [2.45, 2.75) is 39.5 Å². The monoisotopic (exact) mass is 263 g/mol. The fourth-order valence-corrected chi connectivity index (χ4v) is 2.93. The Labute approximate surface area is 114 Å². The quantitative estimate of drug-likeness (QED) is 0.904. The fourth-order valence-electron chi connectivity index (χ4n) is 2.93. The van der Waals surface area contributed by atoms with Crippen LogP contribution in [-0.2, 0) is 11.2 Å². The average molecular weight is 263 g/mol. The number of rotatable bonds is 4. The van der Waals surface area contributed by atoms with E-state index in [4.69, 9.17) is 0 Å². The molecular formula is C16H22FNO. The molecule has 1 aromatic rings. The van der Waals surface area contributed by atoms with E-state index in [2.05, 4.69) is 12.2 Å². The number of benzene rings is 1. The van der Waals surface area contributed by atoms with Crippen LogP contribution in [0.25, 0.3) is 0 Å². The number of Topliss-reactive ketones (excluding diaryl/α,β-unsaturated/α-hetero) is 1. The molecular weight excluding hydrogens is 241 g/mol. The smallest absolute Gasteiger partial charge is 0.143 e. The molecule has 1 N–H and O–H groups in total. The maximum absolute atomic E-state index is 13.3. The van der Waals surface area contributed by atoms with Crippen molar-refractivity contribution in [2.75, 3.05) is 13.1 Å². The highest BCUT2D eigenvalue weighted by molar-refractivity contribution is 5.87. The normalized spacial score (nSPS) is 18.3. The van der Waals surface area contributed by atoms with Gasteiger partial charge in [-0.2, -0.15) is 0 Å². The second-order valence-electron chi connectivity index (χ2n) is 5.55. The summed E-state index contributed by atoms with van der Waals surface area (Å²) in [6, 6.07) is 4.69. The Morgan fingerprint density at radius 2 is 2.05 bits per heavy atom. The highest BCUT2D eigenvalue weighted by Gasteiger charge is 2.37. The van der Waals surface area contributed by atoms with Crippen molar-refractivity contribution in [3.8, 4) is 0 Å². The van der Waals surface area contributed by atoms with Crippen LogP contribution in [0.15, 0.2) is 18.2 Å². The van der Waals surface area contributed by atoms with Crippen LogP contribution >= 0.6 is 0 Å². The molecule has 19 heavy (non-hydrogen) atoms. The first-order chi connectivity index (χ1) is 9.07. The summed E-state index contributed by atoms with van der Waals surface area (Å²) in [4.78, 5) is 12.6. The summed E-state index contributed by atoms with van der Waals surface area (Å²) >= 11 is 0. The molecule has 1 fully saturated rings. The predicted octanol–water partition coefficient (Wildman–Crippen LogP) is 3.03. The lowest BCUT2D eigenvalue weighted by molar-refractivity contribution is -0.129. The number of carbonyl (C=O) groups excluding carboxylic acids is 1. The minimum Gasteiger partial charge on any atom is -0.317 e. The van der Waals surface area contributed by atoms with Gasteiger partial charge in [-0.05, 0) is 62.5 Å². The SMILES string of the molecule is CCC1(C(=O)Cc2cc(F)ccc2C)CCNCC1. The second-order valence-corrected chi connectivity index (χ2v) is 5.55. The fraction of sp³-hybridized carbons (Fsp3) is 0.562. The van der Waals surface area contributed by atoms with E-state index < -0.39 is 0 Å². The van der Waals surface area contributed by atoms with Crippen molar-refractivity contribution in [1.82, 2.24) is 5.32 Å².